The summed E-state index contributed by atoms with van der Waals surface area (Å²) in [6.07, 6.45) is 1.64. The molecule has 102 valence electrons. The molecule has 2 aliphatic heterocycles. The van der Waals surface area contributed by atoms with Crippen molar-refractivity contribution in [3.63, 3.8) is 0 Å². The van der Waals surface area contributed by atoms with Crippen molar-refractivity contribution in [3.8, 4) is 5.75 Å². The topological polar surface area (TPSA) is 61.8 Å². The number of nitrogens with zero attached hydrogens (tertiary/aromatic N) is 1. The second-order valence-electron chi connectivity index (χ2n) is 5.16. The fourth-order valence-corrected chi connectivity index (χ4v) is 2.99. The number of carbonyl (C=O) groups is 1. The van der Waals surface area contributed by atoms with Crippen LogP contribution in [0.1, 0.15) is 28.8 Å². The first kappa shape index (κ1) is 12.3. The molecule has 5 nitrogen and oxygen atoms in total. The Balaban J connectivity index is 2.13. The van der Waals surface area contributed by atoms with E-state index in [1.807, 2.05) is 11.8 Å². The van der Waals surface area contributed by atoms with Gasteiger partial charge < -0.3 is 20.1 Å². The van der Waals surface area contributed by atoms with Crippen molar-refractivity contribution in [2.24, 2.45) is 0 Å². The van der Waals surface area contributed by atoms with E-state index in [4.69, 9.17) is 4.74 Å². The van der Waals surface area contributed by atoms with E-state index in [9.17, 15) is 9.90 Å². The average molecular weight is 262 g/mol. The molecule has 0 bridgehead atoms. The van der Waals surface area contributed by atoms with Gasteiger partial charge in [0.2, 0.25) is 0 Å². The Morgan fingerprint density at radius 1 is 1.47 bits per heavy atom. The van der Waals surface area contributed by atoms with Gasteiger partial charge in [-0.05, 0) is 31.4 Å². The number of phenolic OH excluding ortho intramolecular Hbond substituents is 1. The minimum Gasteiger partial charge on any atom is -0.505 e. The van der Waals surface area contributed by atoms with Gasteiger partial charge in [0, 0.05) is 13.7 Å². The first-order valence-corrected chi connectivity index (χ1v) is 6.56. The van der Waals surface area contributed by atoms with Crippen LogP contribution in [0, 0.1) is 6.92 Å². The summed E-state index contributed by atoms with van der Waals surface area (Å²) in [6, 6.07) is 3.57. The number of ether oxygens (including phenoxy) is 1. The van der Waals surface area contributed by atoms with Gasteiger partial charge in [-0.15, -0.1) is 0 Å². The standard InChI is InChI=1S/C14H18N2O3/c1-8-5-6-9-11(12(8)17)15-13(19-2)10-4-3-7-16(10)14(9)18/h5-6,10,13,15,17H,3-4,7H2,1-2H3. The molecule has 0 aliphatic carbocycles. The molecule has 2 aliphatic rings. The maximum Gasteiger partial charge on any atom is 0.256 e. The molecule has 0 saturated carbocycles. The van der Waals surface area contributed by atoms with E-state index < -0.39 is 0 Å². The van der Waals surface area contributed by atoms with Crippen LogP contribution in [0.3, 0.4) is 0 Å². The summed E-state index contributed by atoms with van der Waals surface area (Å²) in [4.78, 5) is 14.4. The molecular formula is C14H18N2O3. The van der Waals surface area contributed by atoms with Gasteiger partial charge in [-0.2, -0.15) is 0 Å². The van der Waals surface area contributed by atoms with Gasteiger partial charge in [0.15, 0.2) is 0 Å². The molecule has 5 heteroatoms. The second-order valence-corrected chi connectivity index (χ2v) is 5.16. The number of phenols is 1. The smallest absolute Gasteiger partial charge is 0.256 e. The first-order valence-electron chi connectivity index (χ1n) is 6.56. The lowest BCUT2D eigenvalue weighted by atomic mass is 10.1. The van der Waals surface area contributed by atoms with Crippen LogP contribution in [-0.4, -0.2) is 41.8 Å². The third-order valence-electron chi connectivity index (χ3n) is 4.06. The molecule has 2 heterocycles. The molecular weight excluding hydrogens is 244 g/mol. The van der Waals surface area contributed by atoms with Crippen LogP contribution in [0.5, 0.6) is 5.75 Å². The highest BCUT2D eigenvalue weighted by molar-refractivity contribution is 6.02. The molecule has 0 radical (unpaired) electrons. The normalized spacial score (nSPS) is 25.6. The van der Waals surface area contributed by atoms with Crippen molar-refractivity contribution in [2.45, 2.75) is 32.0 Å². The number of hydrogen-bond acceptors (Lipinski definition) is 4. The monoisotopic (exact) mass is 262 g/mol. The molecule has 0 spiro atoms. The van der Waals surface area contributed by atoms with E-state index in [1.54, 1.807) is 19.2 Å². The van der Waals surface area contributed by atoms with E-state index in [2.05, 4.69) is 5.32 Å². The van der Waals surface area contributed by atoms with Gasteiger partial charge in [0.25, 0.3) is 5.91 Å². The van der Waals surface area contributed by atoms with Crippen LogP contribution in [0.25, 0.3) is 0 Å². The Hall–Kier alpha value is -1.75. The minimum atomic E-state index is -0.277. The highest BCUT2D eigenvalue weighted by Crippen LogP contribution is 2.37. The molecule has 19 heavy (non-hydrogen) atoms. The molecule has 2 atom stereocenters. The SMILES string of the molecule is COC1Nc2c(ccc(C)c2O)C(=O)N2CCCC12. The summed E-state index contributed by atoms with van der Waals surface area (Å²) >= 11 is 0. The highest BCUT2D eigenvalue weighted by atomic mass is 16.5. The number of methoxy groups -OCH3 is 1. The van der Waals surface area contributed by atoms with Crippen LogP contribution < -0.4 is 5.32 Å². The zero-order valence-electron chi connectivity index (χ0n) is 11.1. The molecule has 2 N–H and O–H groups in total. The molecule has 1 aromatic rings. The number of amides is 1. The van der Waals surface area contributed by atoms with Gasteiger partial charge >= 0.3 is 0 Å². The zero-order chi connectivity index (χ0) is 13.6. The maximum absolute atomic E-state index is 12.6. The lowest BCUT2D eigenvalue weighted by molar-refractivity contribution is 0.0420. The summed E-state index contributed by atoms with van der Waals surface area (Å²) in [6.45, 7) is 2.56. The van der Waals surface area contributed by atoms with Crippen LogP contribution >= 0.6 is 0 Å². The number of fused-ring (bicyclic) bond motifs is 2. The van der Waals surface area contributed by atoms with Crippen molar-refractivity contribution < 1.29 is 14.6 Å². The van der Waals surface area contributed by atoms with Gasteiger partial charge in [-0.25, -0.2) is 0 Å². The Bertz CT molecular complexity index is 530. The zero-order valence-corrected chi connectivity index (χ0v) is 11.1. The lowest BCUT2D eigenvalue weighted by Gasteiger charge is -2.28. The summed E-state index contributed by atoms with van der Waals surface area (Å²) in [7, 11) is 1.62. The molecule has 1 aromatic carbocycles. The van der Waals surface area contributed by atoms with E-state index in [0.717, 1.165) is 24.9 Å². The molecule has 3 rings (SSSR count). The third kappa shape index (κ3) is 1.76. The van der Waals surface area contributed by atoms with E-state index in [0.29, 0.717) is 11.3 Å². The van der Waals surface area contributed by atoms with Gasteiger partial charge in [-0.1, -0.05) is 6.07 Å². The van der Waals surface area contributed by atoms with Crippen molar-refractivity contribution in [3.05, 3.63) is 23.3 Å². The van der Waals surface area contributed by atoms with Crippen molar-refractivity contribution in [1.29, 1.82) is 0 Å². The summed E-state index contributed by atoms with van der Waals surface area (Å²) < 4.78 is 5.47. The molecule has 0 aromatic heterocycles. The van der Waals surface area contributed by atoms with E-state index in [-0.39, 0.29) is 23.9 Å². The number of nitrogens with one attached hydrogen (secondary N) is 1. The predicted octanol–water partition coefficient (Wildman–Crippen LogP) is 1.70. The van der Waals surface area contributed by atoms with Crippen LogP contribution in [0.4, 0.5) is 5.69 Å². The quantitative estimate of drug-likeness (QED) is 0.756. The fraction of sp³-hybridized carbons (Fsp3) is 0.500. The predicted molar refractivity (Wildman–Crippen MR) is 71.3 cm³/mol. The van der Waals surface area contributed by atoms with E-state index in [1.165, 1.54) is 0 Å². The largest absolute Gasteiger partial charge is 0.505 e. The summed E-state index contributed by atoms with van der Waals surface area (Å²) in [5, 5.41) is 13.4. The Kier molecular flexibility index (Phi) is 2.86. The summed E-state index contributed by atoms with van der Waals surface area (Å²) in [5.41, 5.74) is 1.76. The van der Waals surface area contributed by atoms with Crippen molar-refractivity contribution in [2.75, 3.05) is 19.0 Å². The number of benzene rings is 1. The number of anilines is 1. The van der Waals surface area contributed by atoms with Gasteiger partial charge in [-0.3, -0.25) is 4.79 Å². The minimum absolute atomic E-state index is 0.0279. The second kappa shape index (κ2) is 4.42. The average Bonchev–Trinajstić information content (AvgIpc) is 2.85. The van der Waals surface area contributed by atoms with Crippen LogP contribution in [-0.2, 0) is 4.74 Å². The van der Waals surface area contributed by atoms with Crippen molar-refractivity contribution in [1.82, 2.24) is 4.90 Å². The Morgan fingerprint density at radius 2 is 2.26 bits per heavy atom. The van der Waals surface area contributed by atoms with Crippen LogP contribution in [0.2, 0.25) is 0 Å². The lowest BCUT2D eigenvalue weighted by Crippen LogP contribution is -2.44. The highest BCUT2D eigenvalue weighted by Gasteiger charge is 2.40. The number of rotatable bonds is 1. The molecule has 1 saturated heterocycles. The molecule has 1 amide bonds. The molecule has 1 fully saturated rings. The first-order chi connectivity index (χ1) is 9.13. The number of carbonyl (C=O) groups excluding carboxylic acids is 1. The third-order valence-corrected chi connectivity index (χ3v) is 4.06. The van der Waals surface area contributed by atoms with Crippen molar-refractivity contribution >= 4 is 11.6 Å². The molecule has 2 unspecified atom stereocenters. The fourth-order valence-electron chi connectivity index (χ4n) is 2.99. The number of aromatic hydroxyl groups is 1. The van der Waals surface area contributed by atoms with Gasteiger partial charge in [0.05, 0.1) is 17.3 Å². The van der Waals surface area contributed by atoms with Gasteiger partial charge in [0.1, 0.15) is 12.0 Å². The number of aryl methyl sites for hydroxylation is 1. The van der Waals surface area contributed by atoms with Crippen LogP contribution in [0.15, 0.2) is 12.1 Å². The summed E-state index contributed by atoms with van der Waals surface area (Å²) in [5.74, 6) is 0.105. The maximum atomic E-state index is 12.6. The number of hydrogen-bond donors (Lipinski definition) is 2. The Labute approximate surface area is 112 Å². The van der Waals surface area contributed by atoms with E-state index >= 15 is 0 Å². The Morgan fingerprint density at radius 3 is 3.00 bits per heavy atom.